The number of hydrogen-bond donors (Lipinski definition) is 2. The molecule has 15 heavy (non-hydrogen) atoms. The fraction of sp³-hybridized carbons (Fsp3) is 0.364. The Balaban J connectivity index is 1.85. The second kappa shape index (κ2) is 3.47. The van der Waals surface area contributed by atoms with Gasteiger partial charge in [0.05, 0.1) is 11.6 Å². The SMILES string of the molecule is OC1CC(Nc2snc3ccccc23)C1. The number of nitrogens with zero attached hydrogens (tertiary/aromatic N) is 1. The minimum absolute atomic E-state index is 0.110. The van der Waals surface area contributed by atoms with E-state index < -0.39 is 0 Å². The Hall–Kier alpha value is -1.13. The van der Waals surface area contributed by atoms with E-state index in [-0.39, 0.29) is 6.10 Å². The van der Waals surface area contributed by atoms with E-state index >= 15 is 0 Å². The number of rotatable bonds is 2. The van der Waals surface area contributed by atoms with Gasteiger partial charge in [0, 0.05) is 11.4 Å². The molecule has 0 saturated heterocycles. The number of aromatic nitrogens is 1. The van der Waals surface area contributed by atoms with E-state index in [1.165, 1.54) is 16.9 Å². The van der Waals surface area contributed by atoms with Gasteiger partial charge in [0.1, 0.15) is 5.00 Å². The number of aliphatic hydroxyl groups is 1. The Bertz CT molecular complexity index is 476. The molecule has 1 aromatic heterocycles. The monoisotopic (exact) mass is 220 g/mol. The van der Waals surface area contributed by atoms with Gasteiger partial charge < -0.3 is 10.4 Å². The zero-order valence-corrected chi connectivity index (χ0v) is 9.00. The number of nitrogens with one attached hydrogen (secondary N) is 1. The quantitative estimate of drug-likeness (QED) is 0.815. The highest BCUT2D eigenvalue weighted by atomic mass is 32.1. The predicted molar refractivity (Wildman–Crippen MR) is 62.3 cm³/mol. The molecule has 0 aliphatic heterocycles. The van der Waals surface area contributed by atoms with Gasteiger partial charge in [-0.15, -0.1) is 0 Å². The topological polar surface area (TPSA) is 45.1 Å². The van der Waals surface area contributed by atoms with Crippen LogP contribution in [0.2, 0.25) is 0 Å². The van der Waals surface area contributed by atoms with Crippen molar-refractivity contribution in [3.8, 4) is 0 Å². The predicted octanol–water partition coefficient (Wildman–Crippen LogP) is 2.23. The van der Waals surface area contributed by atoms with Gasteiger partial charge in [0.15, 0.2) is 0 Å². The molecule has 0 bridgehead atoms. The first kappa shape index (κ1) is 9.12. The van der Waals surface area contributed by atoms with Gasteiger partial charge in [-0.25, -0.2) is 0 Å². The van der Waals surface area contributed by atoms with Gasteiger partial charge in [0.25, 0.3) is 0 Å². The van der Waals surface area contributed by atoms with Crippen LogP contribution in [-0.4, -0.2) is 21.6 Å². The average Bonchev–Trinajstić information content (AvgIpc) is 2.60. The third kappa shape index (κ3) is 1.60. The normalized spacial score (nSPS) is 25.1. The highest BCUT2D eigenvalue weighted by Gasteiger charge is 2.27. The molecule has 0 spiro atoms. The van der Waals surface area contributed by atoms with Crippen molar-refractivity contribution in [3.63, 3.8) is 0 Å². The van der Waals surface area contributed by atoms with Crippen molar-refractivity contribution >= 4 is 27.4 Å². The Morgan fingerprint density at radius 3 is 2.93 bits per heavy atom. The molecule has 4 heteroatoms. The van der Waals surface area contributed by atoms with Crippen LogP contribution in [-0.2, 0) is 0 Å². The zero-order valence-electron chi connectivity index (χ0n) is 8.18. The summed E-state index contributed by atoms with van der Waals surface area (Å²) in [6.07, 6.45) is 1.60. The smallest absolute Gasteiger partial charge is 0.117 e. The summed E-state index contributed by atoms with van der Waals surface area (Å²) in [6.45, 7) is 0. The van der Waals surface area contributed by atoms with Crippen molar-refractivity contribution in [3.05, 3.63) is 24.3 Å². The molecule has 2 N–H and O–H groups in total. The highest BCUT2D eigenvalue weighted by Crippen LogP contribution is 2.31. The molecule has 3 rings (SSSR count). The third-order valence-corrected chi connectivity index (χ3v) is 3.64. The van der Waals surface area contributed by atoms with Gasteiger partial charge in [-0.2, -0.15) is 4.37 Å². The van der Waals surface area contributed by atoms with E-state index in [9.17, 15) is 5.11 Å². The highest BCUT2D eigenvalue weighted by molar-refractivity contribution is 7.11. The Kier molecular flexibility index (Phi) is 2.11. The number of benzene rings is 1. The fourth-order valence-electron chi connectivity index (χ4n) is 1.88. The van der Waals surface area contributed by atoms with Crippen molar-refractivity contribution in [2.75, 3.05) is 5.32 Å². The summed E-state index contributed by atoms with van der Waals surface area (Å²) in [6, 6.07) is 8.54. The van der Waals surface area contributed by atoms with Crippen molar-refractivity contribution < 1.29 is 5.11 Å². The van der Waals surface area contributed by atoms with Crippen LogP contribution in [0.25, 0.3) is 10.9 Å². The summed E-state index contributed by atoms with van der Waals surface area (Å²) >= 11 is 1.50. The molecule has 2 aromatic rings. The average molecular weight is 220 g/mol. The van der Waals surface area contributed by atoms with E-state index in [0.717, 1.165) is 23.4 Å². The molecule has 0 atom stereocenters. The van der Waals surface area contributed by atoms with Gasteiger partial charge in [-0.05, 0) is 36.5 Å². The molecule has 3 nitrogen and oxygen atoms in total. The second-order valence-electron chi connectivity index (χ2n) is 4.00. The Morgan fingerprint density at radius 2 is 2.13 bits per heavy atom. The van der Waals surface area contributed by atoms with Crippen LogP contribution in [0, 0.1) is 0 Å². The van der Waals surface area contributed by atoms with Gasteiger partial charge in [-0.3, -0.25) is 0 Å². The standard InChI is InChI=1S/C11H12N2OS/c14-8-5-7(6-8)12-11-9-3-1-2-4-10(9)13-15-11/h1-4,7-8,12,14H,5-6H2. The summed E-state index contributed by atoms with van der Waals surface area (Å²) < 4.78 is 4.37. The molecular weight excluding hydrogens is 208 g/mol. The first-order valence-electron chi connectivity index (χ1n) is 5.12. The fourth-order valence-corrected chi connectivity index (χ4v) is 2.72. The Morgan fingerprint density at radius 1 is 1.33 bits per heavy atom. The molecule has 1 heterocycles. The van der Waals surface area contributed by atoms with E-state index in [1.54, 1.807) is 0 Å². The number of hydrogen-bond acceptors (Lipinski definition) is 4. The van der Waals surface area contributed by atoms with E-state index in [2.05, 4.69) is 15.8 Å². The van der Waals surface area contributed by atoms with E-state index in [0.29, 0.717) is 6.04 Å². The van der Waals surface area contributed by atoms with Crippen LogP contribution < -0.4 is 5.32 Å². The summed E-state index contributed by atoms with van der Waals surface area (Å²) in [5, 5.41) is 14.9. The number of anilines is 1. The maximum absolute atomic E-state index is 9.21. The minimum atomic E-state index is -0.110. The lowest BCUT2D eigenvalue weighted by Gasteiger charge is -2.32. The summed E-state index contributed by atoms with van der Waals surface area (Å²) in [7, 11) is 0. The largest absolute Gasteiger partial charge is 0.393 e. The molecule has 0 radical (unpaired) electrons. The molecule has 1 aromatic carbocycles. The van der Waals surface area contributed by atoms with E-state index in [1.807, 2.05) is 18.2 Å². The van der Waals surface area contributed by atoms with Crippen molar-refractivity contribution in [2.45, 2.75) is 25.0 Å². The molecule has 1 aliphatic rings. The van der Waals surface area contributed by atoms with Crippen LogP contribution in [0.15, 0.2) is 24.3 Å². The zero-order chi connectivity index (χ0) is 10.3. The summed E-state index contributed by atoms with van der Waals surface area (Å²) in [5.41, 5.74) is 1.05. The van der Waals surface area contributed by atoms with Crippen molar-refractivity contribution in [1.29, 1.82) is 0 Å². The van der Waals surface area contributed by atoms with Crippen LogP contribution in [0.4, 0.5) is 5.00 Å². The lowest BCUT2D eigenvalue weighted by atomic mass is 9.90. The van der Waals surface area contributed by atoms with Crippen LogP contribution in [0.1, 0.15) is 12.8 Å². The van der Waals surface area contributed by atoms with Gasteiger partial charge >= 0.3 is 0 Å². The summed E-state index contributed by atoms with van der Waals surface area (Å²) in [4.78, 5) is 0. The first-order chi connectivity index (χ1) is 7.33. The lowest BCUT2D eigenvalue weighted by molar-refractivity contribution is 0.0838. The van der Waals surface area contributed by atoms with Crippen LogP contribution in [0.5, 0.6) is 0 Å². The van der Waals surface area contributed by atoms with E-state index in [4.69, 9.17) is 0 Å². The van der Waals surface area contributed by atoms with Gasteiger partial charge in [-0.1, -0.05) is 12.1 Å². The molecule has 78 valence electrons. The van der Waals surface area contributed by atoms with Gasteiger partial charge in [0.2, 0.25) is 0 Å². The maximum Gasteiger partial charge on any atom is 0.117 e. The summed E-state index contributed by atoms with van der Waals surface area (Å²) in [5.74, 6) is 0. The number of aliphatic hydroxyl groups excluding tert-OH is 1. The van der Waals surface area contributed by atoms with Crippen LogP contribution >= 0.6 is 11.5 Å². The first-order valence-corrected chi connectivity index (χ1v) is 5.89. The second-order valence-corrected chi connectivity index (χ2v) is 4.77. The molecule has 0 unspecified atom stereocenters. The third-order valence-electron chi connectivity index (χ3n) is 2.83. The minimum Gasteiger partial charge on any atom is -0.393 e. The lowest BCUT2D eigenvalue weighted by Crippen LogP contribution is -2.38. The van der Waals surface area contributed by atoms with Crippen molar-refractivity contribution in [2.24, 2.45) is 0 Å². The molecule has 0 amide bonds. The van der Waals surface area contributed by atoms with Crippen LogP contribution in [0.3, 0.4) is 0 Å². The Labute approximate surface area is 91.9 Å². The maximum atomic E-state index is 9.21. The molecule has 1 fully saturated rings. The molecule has 1 saturated carbocycles. The molecular formula is C11H12N2OS. The van der Waals surface area contributed by atoms with Crippen molar-refractivity contribution in [1.82, 2.24) is 4.37 Å². The number of fused-ring (bicyclic) bond motifs is 1. The molecule has 1 aliphatic carbocycles.